The zero-order valence-corrected chi connectivity index (χ0v) is 23.5. The quantitative estimate of drug-likeness (QED) is 0.251. The number of carboxylic acids is 2. The van der Waals surface area contributed by atoms with Crippen molar-refractivity contribution in [2.75, 3.05) is 33.3 Å². The van der Waals surface area contributed by atoms with Gasteiger partial charge in [0, 0.05) is 18.5 Å². The molecule has 0 unspecified atom stereocenters. The summed E-state index contributed by atoms with van der Waals surface area (Å²) in [4.78, 5) is 33.8. The fourth-order valence-corrected chi connectivity index (χ4v) is 7.23. The summed E-state index contributed by atoms with van der Waals surface area (Å²) in [6.45, 7) is 6.31. The highest BCUT2D eigenvalue weighted by Gasteiger charge is 2.54. The van der Waals surface area contributed by atoms with E-state index in [1.54, 1.807) is 7.11 Å². The van der Waals surface area contributed by atoms with Crippen LogP contribution in [0.15, 0.2) is 18.2 Å². The summed E-state index contributed by atoms with van der Waals surface area (Å²) in [5, 5.41) is 18.8. The summed E-state index contributed by atoms with van der Waals surface area (Å²) < 4.78 is 5.35. The van der Waals surface area contributed by atoms with Gasteiger partial charge in [-0.15, -0.1) is 0 Å². The van der Waals surface area contributed by atoms with Gasteiger partial charge in [-0.1, -0.05) is 24.6 Å². The third-order valence-corrected chi connectivity index (χ3v) is 8.67. The molecule has 4 bridgehead atoms. The molecule has 1 aromatic carbocycles. The number of hydrogen-bond donors (Lipinski definition) is 3. The van der Waals surface area contributed by atoms with Crippen LogP contribution >= 0.6 is 11.6 Å². The Morgan fingerprint density at radius 3 is 2.13 bits per heavy atom. The van der Waals surface area contributed by atoms with Gasteiger partial charge in [-0.2, -0.15) is 0 Å². The Balaban J connectivity index is 0.000000599. The number of rotatable bonds is 12. The second-order valence-corrected chi connectivity index (χ2v) is 11.7. The van der Waals surface area contributed by atoms with Crippen molar-refractivity contribution in [1.82, 2.24) is 10.2 Å². The Labute approximate surface area is 231 Å². The molecule has 212 valence electrons. The lowest BCUT2D eigenvalue weighted by Gasteiger charge is -2.55. The molecule has 0 atom stereocenters. The van der Waals surface area contributed by atoms with E-state index < -0.39 is 11.9 Å². The standard InChI is InChI=1S/C27H41ClN2O2.C2H2O4/c1-3-10-30(12-8-20-6-7-24(28)25(16-20)32-2)11-5-4-9-29-26(31)27-17-21-13-22(18-27)15-23(14-21)19-27;3-1(4)2(5)6/h6-7,16,21-23H,3-5,8-15,17-19H2,1-2H3,(H,29,31);(H,3,4)(H,5,6). The Hall–Kier alpha value is -2.32. The first-order chi connectivity index (χ1) is 18.2. The number of halogens is 1. The van der Waals surface area contributed by atoms with Crippen LogP contribution in [0, 0.1) is 23.2 Å². The fraction of sp³-hybridized carbons (Fsp3) is 0.690. The second kappa shape index (κ2) is 14.2. The minimum absolute atomic E-state index is 0.0113. The third kappa shape index (κ3) is 8.34. The number of nitrogens with zero attached hydrogens (tertiary/aromatic N) is 1. The van der Waals surface area contributed by atoms with E-state index in [1.807, 2.05) is 12.1 Å². The van der Waals surface area contributed by atoms with Crippen LogP contribution in [0.5, 0.6) is 5.75 Å². The maximum absolute atomic E-state index is 13.1. The fourth-order valence-electron chi connectivity index (χ4n) is 7.04. The molecule has 0 aromatic heterocycles. The molecule has 4 aliphatic carbocycles. The van der Waals surface area contributed by atoms with Gasteiger partial charge in [-0.25, -0.2) is 9.59 Å². The highest BCUT2D eigenvalue weighted by Crippen LogP contribution is 2.60. The molecular weight excluding hydrogens is 508 g/mol. The lowest BCUT2D eigenvalue weighted by Crippen LogP contribution is -2.53. The van der Waals surface area contributed by atoms with Crippen LogP contribution in [0.2, 0.25) is 5.02 Å². The average molecular weight is 551 g/mol. The molecule has 1 aromatic rings. The SMILES string of the molecule is CCCN(CCCCNC(=O)C12CC3CC(CC(C3)C1)C2)CCc1ccc(Cl)c(OC)c1.O=C(O)C(=O)O. The number of hydrogen-bond acceptors (Lipinski definition) is 5. The first kappa shape index (κ1) is 30.2. The Bertz CT molecular complexity index is 921. The summed E-state index contributed by atoms with van der Waals surface area (Å²) in [7, 11) is 1.66. The number of nitrogens with one attached hydrogen (secondary N) is 1. The van der Waals surface area contributed by atoms with E-state index >= 15 is 0 Å². The van der Waals surface area contributed by atoms with Gasteiger partial charge >= 0.3 is 11.9 Å². The summed E-state index contributed by atoms with van der Waals surface area (Å²) in [6, 6.07) is 6.06. The third-order valence-electron chi connectivity index (χ3n) is 8.36. The van der Waals surface area contributed by atoms with Crippen LogP contribution in [0.3, 0.4) is 0 Å². The molecule has 0 radical (unpaired) electrons. The molecule has 4 aliphatic rings. The van der Waals surface area contributed by atoms with E-state index in [9.17, 15) is 4.79 Å². The second-order valence-electron chi connectivity index (χ2n) is 11.3. The molecule has 0 saturated heterocycles. The summed E-state index contributed by atoms with van der Waals surface area (Å²) in [5.74, 6) is -0.0368. The Morgan fingerprint density at radius 1 is 1.00 bits per heavy atom. The van der Waals surface area contributed by atoms with Crippen molar-refractivity contribution in [2.24, 2.45) is 23.2 Å². The normalized spacial score (nSPS) is 25.0. The number of aliphatic carboxylic acids is 2. The number of amides is 1. The van der Waals surface area contributed by atoms with Gasteiger partial charge in [0.1, 0.15) is 5.75 Å². The smallest absolute Gasteiger partial charge is 0.414 e. The lowest BCUT2D eigenvalue weighted by atomic mass is 9.49. The van der Waals surface area contributed by atoms with Crippen molar-refractivity contribution >= 4 is 29.4 Å². The molecule has 0 spiro atoms. The highest BCUT2D eigenvalue weighted by molar-refractivity contribution is 6.32. The molecule has 1 amide bonds. The van der Waals surface area contributed by atoms with Gasteiger partial charge in [0.25, 0.3) is 0 Å². The van der Waals surface area contributed by atoms with Gasteiger partial charge < -0.3 is 25.2 Å². The predicted molar refractivity (Wildman–Crippen MR) is 147 cm³/mol. The number of carboxylic acid groups (broad SMARTS) is 2. The molecule has 8 nitrogen and oxygen atoms in total. The largest absolute Gasteiger partial charge is 0.495 e. The van der Waals surface area contributed by atoms with Gasteiger partial charge in [0.05, 0.1) is 12.1 Å². The maximum atomic E-state index is 13.1. The zero-order chi connectivity index (χ0) is 27.7. The van der Waals surface area contributed by atoms with E-state index in [-0.39, 0.29) is 5.41 Å². The van der Waals surface area contributed by atoms with Crippen LogP contribution in [-0.2, 0) is 20.8 Å². The minimum Gasteiger partial charge on any atom is -0.495 e. The average Bonchev–Trinajstić information content (AvgIpc) is 2.87. The summed E-state index contributed by atoms with van der Waals surface area (Å²) in [6.07, 6.45) is 12.0. The van der Waals surface area contributed by atoms with Crippen molar-refractivity contribution in [1.29, 1.82) is 0 Å². The van der Waals surface area contributed by atoms with Crippen molar-refractivity contribution < 1.29 is 29.3 Å². The molecule has 4 fully saturated rings. The number of carbonyl (C=O) groups is 3. The number of benzene rings is 1. The topological polar surface area (TPSA) is 116 Å². The molecule has 0 heterocycles. The zero-order valence-electron chi connectivity index (χ0n) is 22.7. The number of methoxy groups -OCH3 is 1. The van der Waals surface area contributed by atoms with E-state index in [2.05, 4.69) is 23.2 Å². The van der Waals surface area contributed by atoms with E-state index in [4.69, 9.17) is 36.1 Å². The Kier molecular flexibility index (Phi) is 11.3. The minimum atomic E-state index is -1.82. The summed E-state index contributed by atoms with van der Waals surface area (Å²) in [5.41, 5.74) is 1.25. The first-order valence-electron chi connectivity index (χ1n) is 13.9. The summed E-state index contributed by atoms with van der Waals surface area (Å²) >= 11 is 6.15. The molecular formula is C29H43ClN2O6. The van der Waals surface area contributed by atoms with Crippen molar-refractivity contribution in [3.05, 3.63) is 28.8 Å². The van der Waals surface area contributed by atoms with Crippen molar-refractivity contribution in [3.63, 3.8) is 0 Å². The number of unbranched alkanes of at least 4 members (excludes halogenated alkanes) is 1. The molecule has 4 saturated carbocycles. The Morgan fingerprint density at radius 2 is 1.61 bits per heavy atom. The molecule has 3 N–H and O–H groups in total. The van der Waals surface area contributed by atoms with E-state index in [1.165, 1.54) is 24.8 Å². The van der Waals surface area contributed by atoms with Crippen LogP contribution in [0.1, 0.15) is 70.3 Å². The van der Waals surface area contributed by atoms with Gasteiger partial charge in [0.2, 0.25) is 5.91 Å². The molecule has 9 heteroatoms. The monoisotopic (exact) mass is 550 g/mol. The van der Waals surface area contributed by atoms with E-state index in [0.29, 0.717) is 10.9 Å². The van der Waals surface area contributed by atoms with Gasteiger partial charge in [-0.05, 0) is 113 Å². The highest BCUT2D eigenvalue weighted by atomic mass is 35.5. The first-order valence-corrected chi connectivity index (χ1v) is 14.3. The van der Waals surface area contributed by atoms with Crippen LogP contribution in [-0.4, -0.2) is 66.2 Å². The maximum Gasteiger partial charge on any atom is 0.414 e. The van der Waals surface area contributed by atoms with Crippen LogP contribution in [0.4, 0.5) is 0 Å². The number of ether oxygens (including phenoxy) is 1. The van der Waals surface area contributed by atoms with Crippen molar-refractivity contribution in [2.45, 2.75) is 71.1 Å². The molecule has 5 rings (SSSR count). The van der Waals surface area contributed by atoms with E-state index in [0.717, 1.165) is 94.6 Å². The van der Waals surface area contributed by atoms with Crippen LogP contribution < -0.4 is 10.1 Å². The lowest BCUT2D eigenvalue weighted by molar-refractivity contribution is -0.159. The predicted octanol–water partition coefficient (Wildman–Crippen LogP) is 4.87. The van der Waals surface area contributed by atoms with Gasteiger partial charge in [-0.3, -0.25) is 4.79 Å². The molecule has 38 heavy (non-hydrogen) atoms. The van der Waals surface area contributed by atoms with Crippen LogP contribution in [0.25, 0.3) is 0 Å². The van der Waals surface area contributed by atoms with Crippen molar-refractivity contribution in [3.8, 4) is 5.75 Å². The van der Waals surface area contributed by atoms with Gasteiger partial charge in [0.15, 0.2) is 0 Å². The number of carbonyl (C=O) groups excluding carboxylic acids is 1. The molecule has 0 aliphatic heterocycles.